The van der Waals surface area contributed by atoms with Crippen molar-refractivity contribution >= 4 is 14.6 Å². The van der Waals surface area contributed by atoms with E-state index >= 15 is 0 Å². The zero-order chi connectivity index (χ0) is 6.08. The third kappa shape index (κ3) is 3.44. The second-order valence-corrected chi connectivity index (χ2v) is 14.4. The van der Waals surface area contributed by atoms with Gasteiger partial charge in [-0.15, -0.1) is 0 Å². The van der Waals surface area contributed by atoms with Crippen molar-refractivity contribution < 1.29 is 0 Å². The van der Waals surface area contributed by atoms with Crippen molar-refractivity contribution in [3.05, 3.63) is 0 Å². The first kappa shape index (κ1) is 7.86. The highest BCUT2D eigenvalue weighted by molar-refractivity contribution is 8.37. The maximum atomic E-state index is 2.40. The summed E-state index contributed by atoms with van der Waals surface area (Å²) in [5.41, 5.74) is 0. The van der Waals surface area contributed by atoms with Crippen LogP contribution in [0.5, 0.6) is 0 Å². The molecule has 0 rings (SSSR count). The first-order valence-corrected chi connectivity index (χ1v) is 8.51. The standard InChI is InChI=1S/C5H15P2/c1-6(2)7(3,4)5/h1-5H3/q+1. The van der Waals surface area contributed by atoms with Crippen LogP contribution in [0.3, 0.4) is 0 Å². The first-order valence-electron chi connectivity index (χ1n) is 2.44. The predicted octanol–water partition coefficient (Wildman–Crippen LogP) is 2.55. The quantitative estimate of drug-likeness (QED) is 0.487. The molecule has 0 atom stereocenters. The normalized spacial score (nSPS) is 12.9. The average molecular weight is 137 g/mol. The molecule has 0 aromatic heterocycles. The van der Waals surface area contributed by atoms with Gasteiger partial charge in [0, 0.05) is 14.6 Å². The molecule has 0 aliphatic heterocycles. The fourth-order valence-corrected chi connectivity index (χ4v) is 0. The molecule has 0 amide bonds. The summed E-state index contributed by atoms with van der Waals surface area (Å²) in [5.74, 6) is 0. The number of hydrogen-bond donors (Lipinski definition) is 0. The first-order chi connectivity index (χ1) is 2.94. The highest BCUT2D eigenvalue weighted by Crippen LogP contribution is 2.73. The molecule has 2 heteroatoms. The van der Waals surface area contributed by atoms with Crippen LogP contribution < -0.4 is 0 Å². The maximum Gasteiger partial charge on any atom is 0.0505 e. The fourth-order valence-electron chi connectivity index (χ4n) is 0. The predicted molar refractivity (Wildman–Crippen MR) is 43.5 cm³/mol. The second-order valence-electron chi connectivity index (χ2n) is 2.79. The van der Waals surface area contributed by atoms with Crippen molar-refractivity contribution in [1.29, 1.82) is 0 Å². The molecule has 0 heterocycles. The van der Waals surface area contributed by atoms with Crippen LogP contribution in [0.25, 0.3) is 0 Å². The van der Waals surface area contributed by atoms with Crippen LogP contribution >= 0.6 is 14.6 Å². The highest BCUT2D eigenvalue weighted by Gasteiger charge is 2.21. The summed E-state index contributed by atoms with van der Waals surface area (Å²) in [6.45, 7) is 11.5. The Morgan fingerprint density at radius 3 is 1.14 bits per heavy atom. The highest BCUT2D eigenvalue weighted by atomic mass is 32.1. The van der Waals surface area contributed by atoms with Gasteiger partial charge >= 0.3 is 0 Å². The summed E-state index contributed by atoms with van der Waals surface area (Å²) >= 11 is 0. The smallest absolute Gasteiger partial charge is 0.00917 e. The molecule has 0 bridgehead atoms. The summed E-state index contributed by atoms with van der Waals surface area (Å²) in [6, 6.07) is 0. The van der Waals surface area contributed by atoms with E-state index in [4.69, 9.17) is 0 Å². The lowest BCUT2D eigenvalue weighted by atomic mass is 11.9. The maximum absolute atomic E-state index is 2.40. The molecule has 0 aromatic carbocycles. The molecule has 44 valence electrons. The van der Waals surface area contributed by atoms with Gasteiger partial charge in [0.1, 0.15) is 0 Å². The van der Waals surface area contributed by atoms with Crippen molar-refractivity contribution in [2.45, 2.75) is 0 Å². The van der Waals surface area contributed by atoms with E-state index in [1.807, 2.05) is 0 Å². The van der Waals surface area contributed by atoms with Crippen LogP contribution in [0.2, 0.25) is 0 Å². The Balaban J connectivity index is 3.54. The lowest BCUT2D eigenvalue weighted by Crippen LogP contribution is -1.78. The van der Waals surface area contributed by atoms with Gasteiger partial charge in [-0.1, -0.05) is 0 Å². The third-order valence-electron chi connectivity index (χ3n) is 1.20. The minimum absolute atomic E-state index is 0.370. The van der Waals surface area contributed by atoms with E-state index in [1.54, 1.807) is 0 Å². The zero-order valence-electron chi connectivity index (χ0n) is 5.89. The Kier molecular flexibility index (Phi) is 2.72. The van der Waals surface area contributed by atoms with Gasteiger partial charge in [0.05, 0.1) is 20.0 Å². The van der Waals surface area contributed by atoms with E-state index in [-0.39, 0.29) is 0 Å². The van der Waals surface area contributed by atoms with Gasteiger partial charge in [0.25, 0.3) is 0 Å². The van der Waals surface area contributed by atoms with Gasteiger partial charge in [-0.2, -0.15) is 0 Å². The molecule has 0 radical (unpaired) electrons. The van der Waals surface area contributed by atoms with Gasteiger partial charge in [-0.25, -0.2) is 0 Å². The van der Waals surface area contributed by atoms with Gasteiger partial charge in [-0.05, 0) is 13.3 Å². The third-order valence-corrected chi connectivity index (χ3v) is 10.8. The number of hydrogen-bond acceptors (Lipinski definition) is 0. The fraction of sp³-hybridized carbons (Fsp3) is 1.00. The molecule has 0 N–H and O–H groups in total. The lowest BCUT2D eigenvalue weighted by Gasteiger charge is -2.14. The molecule has 0 unspecified atom stereocenters. The van der Waals surface area contributed by atoms with Crippen molar-refractivity contribution in [3.63, 3.8) is 0 Å². The molecular formula is C5H15P2+. The van der Waals surface area contributed by atoms with E-state index in [0.29, 0.717) is 7.61 Å². The lowest BCUT2D eigenvalue weighted by molar-refractivity contribution is 2.06. The molecule has 0 spiro atoms. The van der Waals surface area contributed by atoms with Crippen LogP contribution in [0, 0.1) is 0 Å². The van der Waals surface area contributed by atoms with E-state index in [2.05, 4.69) is 33.3 Å². The number of rotatable bonds is 1. The topological polar surface area (TPSA) is 0 Å². The molecule has 0 aromatic rings. The van der Waals surface area contributed by atoms with Crippen molar-refractivity contribution in [3.8, 4) is 0 Å². The molecule has 0 aliphatic carbocycles. The Morgan fingerprint density at radius 2 is 1.14 bits per heavy atom. The van der Waals surface area contributed by atoms with Gasteiger partial charge in [-0.3, -0.25) is 0 Å². The van der Waals surface area contributed by atoms with Crippen LogP contribution in [0.15, 0.2) is 0 Å². The summed E-state index contributed by atoms with van der Waals surface area (Å²) in [7, 11) is 0.370. The average Bonchev–Trinajstić information content (AvgIpc) is 1.31. The zero-order valence-corrected chi connectivity index (χ0v) is 7.68. The van der Waals surface area contributed by atoms with Gasteiger partial charge < -0.3 is 0 Å². The monoisotopic (exact) mass is 137 g/mol. The Hall–Kier alpha value is 0.860. The molecule has 0 saturated carbocycles. The summed E-state index contributed by atoms with van der Waals surface area (Å²) < 4.78 is 0. The molecule has 7 heavy (non-hydrogen) atoms. The van der Waals surface area contributed by atoms with E-state index in [0.717, 1.165) is 0 Å². The molecular weight excluding hydrogens is 122 g/mol. The van der Waals surface area contributed by atoms with E-state index < -0.39 is 6.95 Å². The molecule has 0 saturated heterocycles. The summed E-state index contributed by atoms with van der Waals surface area (Å²) in [6.07, 6.45) is 0. The van der Waals surface area contributed by atoms with E-state index in [1.165, 1.54) is 0 Å². The molecule has 0 aliphatic rings. The van der Waals surface area contributed by atoms with Crippen LogP contribution in [-0.2, 0) is 0 Å². The van der Waals surface area contributed by atoms with Crippen LogP contribution in [0.1, 0.15) is 0 Å². The van der Waals surface area contributed by atoms with Crippen molar-refractivity contribution in [2.24, 2.45) is 0 Å². The van der Waals surface area contributed by atoms with Gasteiger partial charge in [0.15, 0.2) is 0 Å². The molecule has 0 nitrogen and oxygen atoms in total. The van der Waals surface area contributed by atoms with Crippen molar-refractivity contribution in [1.82, 2.24) is 0 Å². The Morgan fingerprint density at radius 1 is 1.00 bits per heavy atom. The minimum Gasteiger partial charge on any atom is -0.00917 e. The second kappa shape index (κ2) is 2.42. The largest absolute Gasteiger partial charge is 0.0505 e. The van der Waals surface area contributed by atoms with Crippen LogP contribution in [-0.4, -0.2) is 33.3 Å². The van der Waals surface area contributed by atoms with Crippen molar-refractivity contribution in [2.75, 3.05) is 33.3 Å². The Labute approximate surface area is 48.7 Å². The van der Waals surface area contributed by atoms with Gasteiger partial charge in [0.2, 0.25) is 0 Å². The van der Waals surface area contributed by atoms with E-state index in [9.17, 15) is 0 Å². The SMILES string of the molecule is CP(C)[P+](C)(C)C. The summed E-state index contributed by atoms with van der Waals surface area (Å²) in [4.78, 5) is 0. The Bertz CT molecular complexity index is 51.6. The summed E-state index contributed by atoms with van der Waals surface area (Å²) in [5, 5.41) is 0. The van der Waals surface area contributed by atoms with Crippen LogP contribution in [0.4, 0.5) is 0 Å². The molecule has 0 fully saturated rings. The minimum atomic E-state index is -0.423.